The normalized spacial score (nSPS) is 15.7. The molecule has 0 saturated carbocycles. The van der Waals surface area contributed by atoms with Gasteiger partial charge in [-0.3, -0.25) is 19.3 Å². The van der Waals surface area contributed by atoms with Crippen molar-refractivity contribution in [1.29, 1.82) is 0 Å². The molecule has 30 heavy (non-hydrogen) atoms. The van der Waals surface area contributed by atoms with Crippen LogP contribution in [0.1, 0.15) is 15.9 Å². The zero-order valence-corrected chi connectivity index (χ0v) is 17.4. The van der Waals surface area contributed by atoms with Crippen molar-refractivity contribution in [1.82, 2.24) is 10.2 Å². The molecule has 7 nitrogen and oxygen atoms in total. The van der Waals surface area contributed by atoms with E-state index < -0.39 is 32.7 Å². The second-order valence-electron chi connectivity index (χ2n) is 6.41. The van der Waals surface area contributed by atoms with Gasteiger partial charge in [-0.1, -0.05) is 24.3 Å². The number of imide groups is 1. The van der Waals surface area contributed by atoms with Crippen LogP contribution in [0.25, 0.3) is 6.08 Å². The van der Waals surface area contributed by atoms with Crippen molar-refractivity contribution < 1.29 is 27.2 Å². The first-order valence-corrected chi connectivity index (χ1v) is 11.5. The first kappa shape index (κ1) is 21.7. The molecule has 2 aromatic carbocycles. The second kappa shape index (κ2) is 8.80. The number of carbonyl (C=O) groups is 3. The van der Waals surface area contributed by atoms with Gasteiger partial charge in [-0.05, 0) is 42.1 Å². The maximum atomic E-state index is 13.8. The second-order valence-corrected chi connectivity index (χ2v) is 9.42. The number of halogens is 1. The highest BCUT2D eigenvalue weighted by Gasteiger charge is 2.34. The van der Waals surface area contributed by atoms with E-state index in [-0.39, 0.29) is 34.0 Å². The summed E-state index contributed by atoms with van der Waals surface area (Å²) in [6.45, 7) is -0.0935. The lowest BCUT2D eigenvalue weighted by Gasteiger charge is -2.13. The van der Waals surface area contributed by atoms with E-state index in [2.05, 4.69) is 5.32 Å². The van der Waals surface area contributed by atoms with Gasteiger partial charge in [0.25, 0.3) is 17.1 Å². The Balaban J connectivity index is 1.63. The third kappa shape index (κ3) is 4.95. The molecule has 0 radical (unpaired) electrons. The molecule has 0 aromatic heterocycles. The molecule has 156 valence electrons. The summed E-state index contributed by atoms with van der Waals surface area (Å²) in [5.41, 5.74) is 0.341. The Morgan fingerprint density at radius 3 is 2.60 bits per heavy atom. The van der Waals surface area contributed by atoms with Gasteiger partial charge in [0, 0.05) is 30.5 Å². The summed E-state index contributed by atoms with van der Waals surface area (Å²) in [5.74, 6) is -1.61. The Morgan fingerprint density at radius 2 is 1.90 bits per heavy atom. The third-order valence-electron chi connectivity index (χ3n) is 4.21. The molecule has 1 N–H and O–H groups in total. The van der Waals surface area contributed by atoms with E-state index >= 15 is 0 Å². The van der Waals surface area contributed by atoms with E-state index in [4.69, 9.17) is 0 Å². The molecule has 1 aliphatic rings. The van der Waals surface area contributed by atoms with Crippen LogP contribution >= 0.6 is 11.8 Å². The summed E-state index contributed by atoms with van der Waals surface area (Å²) in [6, 6.07) is 11.4. The Hall–Kier alpha value is -2.98. The standard InChI is InChI=1S/C20H17FN2O5S2/c1-30(27,28)15-7-4-6-14(11-15)18(24)22-9-10-23-19(25)17(29-20(23)26)12-13-5-2-3-8-16(13)21/h2-8,11-12H,9-10H2,1H3,(H,22,24)/b17-12-. The average Bonchev–Trinajstić information content (AvgIpc) is 2.96. The Labute approximate surface area is 176 Å². The van der Waals surface area contributed by atoms with Crippen molar-refractivity contribution in [2.45, 2.75) is 4.90 Å². The smallest absolute Gasteiger partial charge is 0.293 e. The zero-order chi connectivity index (χ0) is 21.9. The largest absolute Gasteiger partial charge is 0.350 e. The maximum Gasteiger partial charge on any atom is 0.293 e. The summed E-state index contributed by atoms with van der Waals surface area (Å²) in [5, 5.41) is 2.03. The predicted octanol–water partition coefficient (Wildman–Crippen LogP) is 2.70. The monoisotopic (exact) mass is 448 g/mol. The third-order valence-corrected chi connectivity index (χ3v) is 6.23. The van der Waals surface area contributed by atoms with E-state index in [0.717, 1.165) is 11.2 Å². The van der Waals surface area contributed by atoms with Gasteiger partial charge in [-0.2, -0.15) is 0 Å². The molecule has 0 spiro atoms. The summed E-state index contributed by atoms with van der Waals surface area (Å²) >= 11 is 0.698. The molecule has 0 aliphatic carbocycles. The number of hydrogen-bond acceptors (Lipinski definition) is 6. The Kier molecular flexibility index (Phi) is 6.37. The van der Waals surface area contributed by atoms with E-state index in [1.165, 1.54) is 48.5 Å². The molecule has 1 heterocycles. The number of carbonyl (C=O) groups excluding carboxylic acids is 3. The van der Waals surface area contributed by atoms with E-state index in [1.807, 2.05) is 0 Å². The van der Waals surface area contributed by atoms with Crippen LogP contribution in [0, 0.1) is 5.82 Å². The number of sulfone groups is 1. The minimum absolute atomic E-state index is 0.0133. The van der Waals surface area contributed by atoms with Crippen LogP contribution in [-0.4, -0.2) is 49.7 Å². The molecule has 0 unspecified atom stereocenters. The number of benzene rings is 2. The lowest BCUT2D eigenvalue weighted by atomic mass is 10.2. The number of thioether (sulfide) groups is 1. The van der Waals surface area contributed by atoms with Gasteiger partial charge in [0.1, 0.15) is 5.82 Å². The van der Waals surface area contributed by atoms with Crippen LogP contribution in [-0.2, 0) is 14.6 Å². The molecule has 3 rings (SSSR count). The van der Waals surface area contributed by atoms with Gasteiger partial charge < -0.3 is 5.32 Å². The molecule has 0 bridgehead atoms. The summed E-state index contributed by atoms with van der Waals surface area (Å²) in [6.07, 6.45) is 2.36. The van der Waals surface area contributed by atoms with Crippen molar-refractivity contribution >= 4 is 44.7 Å². The van der Waals surface area contributed by atoms with Gasteiger partial charge in [-0.25, -0.2) is 12.8 Å². The summed E-state index contributed by atoms with van der Waals surface area (Å²) in [4.78, 5) is 37.9. The van der Waals surface area contributed by atoms with Crippen LogP contribution in [0.4, 0.5) is 9.18 Å². The van der Waals surface area contributed by atoms with E-state index in [9.17, 15) is 27.2 Å². The topological polar surface area (TPSA) is 101 Å². The molecular formula is C20H17FN2O5S2. The quantitative estimate of drug-likeness (QED) is 0.682. The number of nitrogens with zero attached hydrogens (tertiary/aromatic N) is 1. The maximum absolute atomic E-state index is 13.8. The Morgan fingerprint density at radius 1 is 1.17 bits per heavy atom. The summed E-state index contributed by atoms with van der Waals surface area (Å²) in [7, 11) is -3.46. The van der Waals surface area contributed by atoms with Gasteiger partial charge in [0.2, 0.25) is 0 Å². The van der Waals surface area contributed by atoms with Crippen LogP contribution in [0.3, 0.4) is 0 Å². The van der Waals surface area contributed by atoms with Crippen LogP contribution in [0.15, 0.2) is 58.3 Å². The average molecular weight is 448 g/mol. The first-order valence-electron chi connectivity index (χ1n) is 8.75. The fourth-order valence-corrected chi connectivity index (χ4v) is 4.20. The molecular weight excluding hydrogens is 431 g/mol. The van der Waals surface area contributed by atoms with E-state index in [0.29, 0.717) is 11.8 Å². The Bertz CT molecular complexity index is 1160. The minimum atomic E-state index is -3.46. The van der Waals surface area contributed by atoms with Crippen LogP contribution in [0.2, 0.25) is 0 Å². The first-order chi connectivity index (χ1) is 14.2. The summed E-state index contributed by atoms with van der Waals surface area (Å²) < 4.78 is 37.0. The number of rotatable bonds is 6. The molecule has 3 amide bonds. The van der Waals surface area contributed by atoms with Crippen LogP contribution < -0.4 is 5.32 Å². The number of nitrogens with one attached hydrogen (secondary N) is 1. The van der Waals surface area contributed by atoms with Gasteiger partial charge >= 0.3 is 0 Å². The van der Waals surface area contributed by atoms with Crippen molar-refractivity contribution in [3.05, 3.63) is 70.4 Å². The SMILES string of the molecule is CS(=O)(=O)c1cccc(C(=O)NCCN2C(=O)S/C(=C\c3ccccc3F)C2=O)c1. The molecule has 1 fully saturated rings. The lowest BCUT2D eigenvalue weighted by molar-refractivity contribution is -0.122. The van der Waals surface area contributed by atoms with Gasteiger partial charge in [0.05, 0.1) is 9.80 Å². The highest BCUT2D eigenvalue weighted by atomic mass is 32.2. The number of hydrogen-bond donors (Lipinski definition) is 1. The van der Waals surface area contributed by atoms with E-state index in [1.54, 1.807) is 6.07 Å². The van der Waals surface area contributed by atoms with Crippen molar-refractivity contribution in [2.75, 3.05) is 19.3 Å². The van der Waals surface area contributed by atoms with Crippen molar-refractivity contribution in [2.24, 2.45) is 0 Å². The lowest BCUT2D eigenvalue weighted by Crippen LogP contribution is -2.37. The van der Waals surface area contributed by atoms with Gasteiger partial charge in [-0.15, -0.1) is 0 Å². The van der Waals surface area contributed by atoms with Crippen molar-refractivity contribution in [3.8, 4) is 0 Å². The zero-order valence-electron chi connectivity index (χ0n) is 15.8. The minimum Gasteiger partial charge on any atom is -0.350 e. The number of amides is 3. The molecule has 10 heteroatoms. The fraction of sp³-hybridized carbons (Fsp3) is 0.150. The predicted molar refractivity (Wildman–Crippen MR) is 111 cm³/mol. The molecule has 0 atom stereocenters. The molecule has 2 aromatic rings. The molecule has 1 aliphatic heterocycles. The molecule has 1 saturated heterocycles. The highest BCUT2D eigenvalue weighted by molar-refractivity contribution is 8.18. The van der Waals surface area contributed by atoms with Crippen molar-refractivity contribution in [3.63, 3.8) is 0 Å². The fourth-order valence-electron chi connectivity index (χ4n) is 2.68. The van der Waals surface area contributed by atoms with Crippen LogP contribution in [0.5, 0.6) is 0 Å². The highest BCUT2D eigenvalue weighted by Crippen LogP contribution is 2.32. The van der Waals surface area contributed by atoms with Gasteiger partial charge in [0.15, 0.2) is 9.84 Å².